The number of rotatable bonds is 4. The molecule has 0 spiro atoms. The zero-order valence-electron chi connectivity index (χ0n) is 16.7. The highest BCUT2D eigenvalue weighted by Crippen LogP contribution is 2.27. The Balaban J connectivity index is 2.17. The number of methoxy groups -OCH3 is 1. The molecule has 0 saturated carbocycles. The molecule has 1 aromatic heterocycles. The van der Waals surface area contributed by atoms with Crippen molar-refractivity contribution in [2.75, 3.05) is 13.7 Å². The number of carbonyl (C=O) groups is 2. The summed E-state index contributed by atoms with van der Waals surface area (Å²) in [6, 6.07) is 1.62. The summed E-state index contributed by atoms with van der Waals surface area (Å²) in [5.41, 5.74) is 0.259. The average Bonchev–Trinajstić information content (AvgIpc) is 2.60. The van der Waals surface area contributed by atoms with E-state index in [1.54, 1.807) is 11.0 Å². The third kappa shape index (κ3) is 5.21. The van der Waals surface area contributed by atoms with Gasteiger partial charge in [0.1, 0.15) is 11.7 Å². The van der Waals surface area contributed by atoms with Gasteiger partial charge in [-0.05, 0) is 46.6 Å². The van der Waals surface area contributed by atoms with Gasteiger partial charge in [-0.15, -0.1) is 0 Å². The maximum absolute atomic E-state index is 12.5. The minimum atomic E-state index is -0.559. The lowest BCUT2D eigenvalue weighted by atomic mass is 10.0. The fourth-order valence-electron chi connectivity index (χ4n) is 2.94. The summed E-state index contributed by atoms with van der Waals surface area (Å²) in [6.07, 6.45) is 3.94. The monoisotopic (exact) mass is 376 g/mol. The van der Waals surface area contributed by atoms with Crippen LogP contribution in [0, 0.1) is 0 Å². The third-order valence-corrected chi connectivity index (χ3v) is 4.31. The smallest absolute Gasteiger partial charge is 0.410 e. The van der Waals surface area contributed by atoms with Crippen LogP contribution in [0.25, 0.3) is 6.08 Å². The number of hydrogen-bond donors (Lipinski definition) is 0. The lowest BCUT2D eigenvalue weighted by molar-refractivity contribution is -0.00600. The van der Waals surface area contributed by atoms with E-state index in [9.17, 15) is 9.59 Å². The van der Waals surface area contributed by atoms with Gasteiger partial charge in [-0.25, -0.2) is 14.6 Å². The molecular weight excluding hydrogens is 348 g/mol. The topological polar surface area (TPSA) is 78.0 Å². The summed E-state index contributed by atoms with van der Waals surface area (Å²) in [4.78, 5) is 30.3. The molecule has 0 aromatic carbocycles. The van der Waals surface area contributed by atoms with E-state index >= 15 is 0 Å². The van der Waals surface area contributed by atoms with E-state index in [0.717, 1.165) is 12.8 Å². The van der Waals surface area contributed by atoms with Gasteiger partial charge in [-0.2, -0.15) is 0 Å². The van der Waals surface area contributed by atoms with Gasteiger partial charge >= 0.3 is 12.1 Å². The Hall–Kier alpha value is -2.57. The zero-order chi connectivity index (χ0) is 20.2. The molecule has 1 aromatic rings. The van der Waals surface area contributed by atoms with E-state index in [4.69, 9.17) is 14.2 Å². The number of nitrogens with zero attached hydrogens (tertiary/aromatic N) is 2. The molecule has 2 heterocycles. The summed E-state index contributed by atoms with van der Waals surface area (Å²) in [5, 5.41) is 0. The minimum absolute atomic E-state index is 0.0629. The van der Waals surface area contributed by atoms with E-state index in [1.807, 2.05) is 27.7 Å². The number of hydrogen-bond acceptors (Lipinski definition) is 6. The second-order valence-electron chi connectivity index (χ2n) is 7.57. The Morgan fingerprint density at radius 3 is 2.63 bits per heavy atom. The summed E-state index contributed by atoms with van der Waals surface area (Å²) >= 11 is 0. The Morgan fingerprint density at radius 1 is 1.33 bits per heavy atom. The lowest BCUT2D eigenvalue weighted by Gasteiger charge is -2.38. The lowest BCUT2D eigenvalue weighted by Crippen LogP contribution is -2.50. The van der Waals surface area contributed by atoms with Crippen LogP contribution in [-0.4, -0.2) is 53.3 Å². The first-order valence-corrected chi connectivity index (χ1v) is 9.02. The molecule has 1 amide bonds. The highest BCUT2D eigenvalue weighted by Gasteiger charge is 2.33. The molecule has 7 nitrogen and oxygen atoms in total. The Kier molecular flexibility index (Phi) is 6.46. The molecule has 0 unspecified atom stereocenters. The van der Waals surface area contributed by atoms with Crippen LogP contribution < -0.4 is 4.74 Å². The Morgan fingerprint density at radius 2 is 2.04 bits per heavy atom. The quantitative estimate of drug-likeness (QED) is 0.746. The van der Waals surface area contributed by atoms with Crippen molar-refractivity contribution >= 4 is 18.1 Å². The summed E-state index contributed by atoms with van der Waals surface area (Å²) in [5.74, 6) is -0.179. The van der Waals surface area contributed by atoms with E-state index < -0.39 is 11.6 Å². The Bertz CT molecular complexity index is 711. The van der Waals surface area contributed by atoms with E-state index in [-0.39, 0.29) is 18.2 Å². The van der Waals surface area contributed by atoms with Crippen LogP contribution in [0.5, 0.6) is 5.88 Å². The van der Waals surface area contributed by atoms with Gasteiger partial charge in [0.2, 0.25) is 5.88 Å². The molecule has 1 fully saturated rings. The van der Waals surface area contributed by atoms with Crippen molar-refractivity contribution in [3.8, 4) is 5.88 Å². The molecule has 148 valence electrons. The highest BCUT2D eigenvalue weighted by molar-refractivity contribution is 5.94. The minimum Gasteiger partial charge on any atom is -0.472 e. The molecule has 2 rings (SSSR count). The van der Waals surface area contributed by atoms with E-state index in [0.29, 0.717) is 23.6 Å². The van der Waals surface area contributed by atoms with Crippen molar-refractivity contribution < 1.29 is 23.8 Å². The molecule has 0 radical (unpaired) electrons. The molecule has 0 aliphatic carbocycles. The van der Waals surface area contributed by atoms with Crippen LogP contribution in [0.15, 0.2) is 18.8 Å². The fraction of sp³-hybridized carbons (Fsp3) is 0.550. The standard InChI is InChI=1S/C20H28N2O5/c1-7-15-16(18(23)25-6)10-11-21-17(15)26-14-9-8-13(2)22(12-14)19(24)27-20(3,4)5/h7,10-11,13-14H,1,8-9,12H2,2-6H3/t13-,14-/m1/s1. The predicted molar refractivity (Wildman–Crippen MR) is 102 cm³/mol. The Labute approximate surface area is 160 Å². The molecule has 2 atom stereocenters. The van der Waals surface area contributed by atoms with Gasteiger partial charge in [0.25, 0.3) is 0 Å². The molecule has 27 heavy (non-hydrogen) atoms. The number of pyridine rings is 1. The van der Waals surface area contributed by atoms with Gasteiger partial charge < -0.3 is 19.1 Å². The first kappa shape index (κ1) is 20.7. The second-order valence-corrected chi connectivity index (χ2v) is 7.57. The molecule has 0 bridgehead atoms. The summed E-state index contributed by atoms with van der Waals surface area (Å²) in [6.45, 7) is 11.6. The van der Waals surface area contributed by atoms with Crippen LogP contribution in [0.1, 0.15) is 56.5 Å². The molecular formula is C20H28N2O5. The highest BCUT2D eigenvalue weighted by atomic mass is 16.6. The summed E-state index contributed by atoms with van der Waals surface area (Å²) in [7, 11) is 1.32. The third-order valence-electron chi connectivity index (χ3n) is 4.31. The number of carbonyl (C=O) groups excluding carboxylic acids is 2. The van der Waals surface area contributed by atoms with Crippen LogP contribution >= 0.6 is 0 Å². The van der Waals surface area contributed by atoms with Gasteiger partial charge in [-0.1, -0.05) is 12.7 Å². The first-order chi connectivity index (χ1) is 12.7. The SMILES string of the molecule is C=Cc1c(C(=O)OC)ccnc1O[C@@H]1CC[C@@H](C)N(C(=O)OC(C)(C)C)C1. The zero-order valence-corrected chi connectivity index (χ0v) is 16.7. The van der Waals surface area contributed by atoms with Crippen molar-refractivity contribution in [3.63, 3.8) is 0 Å². The number of piperidine rings is 1. The van der Waals surface area contributed by atoms with Gasteiger partial charge in [0.05, 0.1) is 24.8 Å². The van der Waals surface area contributed by atoms with Crippen molar-refractivity contribution in [1.82, 2.24) is 9.88 Å². The normalized spacial score (nSPS) is 20.0. The average molecular weight is 376 g/mol. The van der Waals surface area contributed by atoms with Crippen molar-refractivity contribution in [2.45, 2.75) is 58.3 Å². The number of aromatic nitrogens is 1. The van der Waals surface area contributed by atoms with Crippen LogP contribution in [0.3, 0.4) is 0 Å². The predicted octanol–water partition coefficient (Wildman–Crippen LogP) is 3.68. The molecule has 0 N–H and O–H groups in total. The number of likely N-dealkylation sites (tertiary alicyclic amines) is 1. The van der Waals surface area contributed by atoms with E-state index in [1.165, 1.54) is 19.4 Å². The van der Waals surface area contributed by atoms with Crippen LogP contribution in [0.2, 0.25) is 0 Å². The number of ether oxygens (including phenoxy) is 3. The van der Waals surface area contributed by atoms with Crippen molar-refractivity contribution in [3.05, 3.63) is 30.0 Å². The van der Waals surface area contributed by atoms with Crippen molar-refractivity contribution in [1.29, 1.82) is 0 Å². The molecule has 7 heteroatoms. The summed E-state index contributed by atoms with van der Waals surface area (Å²) < 4.78 is 16.3. The van der Waals surface area contributed by atoms with Gasteiger partial charge in [0.15, 0.2) is 0 Å². The molecule has 1 aliphatic rings. The molecule has 1 aliphatic heterocycles. The van der Waals surface area contributed by atoms with Crippen LogP contribution in [0.4, 0.5) is 4.79 Å². The maximum atomic E-state index is 12.5. The fourth-order valence-corrected chi connectivity index (χ4v) is 2.94. The maximum Gasteiger partial charge on any atom is 0.410 e. The van der Waals surface area contributed by atoms with E-state index in [2.05, 4.69) is 11.6 Å². The van der Waals surface area contributed by atoms with Crippen LogP contribution in [-0.2, 0) is 9.47 Å². The second kappa shape index (κ2) is 8.41. The largest absolute Gasteiger partial charge is 0.472 e. The molecule has 1 saturated heterocycles. The van der Waals surface area contributed by atoms with Gasteiger partial charge in [0, 0.05) is 12.2 Å². The number of amides is 1. The van der Waals surface area contributed by atoms with Gasteiger partial charge in [-0.3, -0.25) is 0 Å². The number of esters is 1. The van der Waals surface area contributed by atoms with Crippen molar-refractivity contribution in [2.24, 2.45) is 0 Å². The first-order valence-electron chi connectivity index (χ1n) is 9.02.